The number of carbonyl (C=O) groups excluding carboxylic acids is 4. The molecule has 3 atom stereocenters. The SMILES string of the molecule is CC(C)C(N)C(=O)NC(Cc1cnc[nH]1)C(=O)NCC(=O)NC(CC(N)=O)C(=O)O. The quantitative estimate of drug-likeness (QED) is 0.182. The van der Waals surface area contributed by atoms with E-state index in [0.717, 1.165) is 0 Å². The summed E-state index contributed by atoms with van der Waals surface area (Å²) >= 11 is 0. The Morgan fingerprint density at radius 1 is 1.13 bits per heavy atom. The molecule has 0 aliphatic heterocycles. The van der Waals surface area contributed by atoms with Crippen LogP contribution in [0.1, 0.15) is 26.0 Å². The first kappa shape index (κ1) is 24.6. The van der Waals surface area contributed by atoms with E-state index >= 15 is 0 Å². The van der Waals surface area contributed by atoms with Gasteiger partial charge >= 0.3 is 5.97 Å². The fourth-order valence-electron chi connectivity index (χ4n) is 2.33. The van der Waals surface area contributed by atoms with Gasteiger partial charge < -0.3 is 37.5 Å². The van der Waals surface area contributed by atoms with Crippen LogP contribution in [0.25, 0.3) is 0 Å². The van der Waals surface area contributed by atoms with Crippen LogP contribution < -0.4 is 27.4 Å². The lowest BCUT2D eigenvalue weighted by molar-refractivity contribution is -0.143. The number of aromatic amines is 1. The molecule has 0 saturated carbocycles. The molecule has 166 valence electrons. The summed E-state index contributed by atoms with van der Waals surface area (Å²) in [5.74, 6) is -4.59. The van der Waals surface area contributed by atoms with E-state index in [1.165, 1.54) is 12.5 Å². The van der Waals surface area contributed by atoms with Crippen molar-refractivity contribution in [2.75, 3.05) is 6.54 Å². The molecule has 4 amide bonds. The fraction of sp³-hybridized carbons (Fsp3) is 0.529. The first-order valence-electron chi connectivity index (χ1n) is 9.12. The van der Waals surface area contributed by atoms with Crippen LogP contribution in [-0.4, -0.2) is 69.3 Å². The molecule has 0 fully saturated rings. The first-order valence-corrected chi connectivity index (χ1v) is 9.12. The summed E-state index contributed by atoms with van der Waals surface area (Å²) in [7, 11) is 0. The van der Waals surface area contributed by atoms with Gasteiger partial charge in [-0.1, -0.05) is 13.8 Å². The zero-order valence-electron chi connectivity index (χ0n) is 16.7. The van der Waals surface area contributed by atoms with Gasteiger partial charge in [-0.2, -0.15) is 0 Å². The van der Waals surface area contributed by atoms with Crippen molar-refractivity contribution in [2.24, 2.45) is 17.4 Å². The molecule has 1 aromatic rings. The van der Waals surface area contributed by atoms with Crippen molar-refractivity contribution in [3.63, 3.8) is 0 Å². The highest BCUT2D eigenvalue weighted by Gasteiger charge is 2.27. The van der Waals surface area contributed by atoms with Crippen LogP contribution in [0.4, 0.5) is 0 Å². The van der Waals surface area contributed by atoms with Gasteiger partial charge in [-0.15, -0.1) is 0 Å². The number of rotatable bonds is 12. The Bertz CT molecular complexity index is 765. The number of primary amides is 1. The molecule has 1 aromatic heterocycles. The lowest BCUT2D eigenvalue weighted by Crippen LogP contribution is -2.55. The van der Waals surface area contributed by atoms with Crippen LogP contribution in [0.3, 0.4) is 0 Å². The number of hydrogen-bond acceptors (Lipinski definition) is 7. The molecule has 30 heavy (non-hydrogen) atoms. The number of carboxylic acid groups (broad SMARTS) is 1. The summed E-state index contributed by atoms with van der Waals surface area (Å²) in [6, 6.07) is -3.41. The second kappa shape index (κ2) is 11.5. The van der Waals surface area contributed by atoms with E-state index in [-0.39, 0.29) is 12.3 Å². The smallest absolute Gasteiger partial charge is 0.326 e. The Balaban J connectivity index is 2.74. The average Bonchev–Trinajstić information content (AvgIpc) is 3.16. The predicted molar refractivity (Wildman–Crippen MR) is 103 cm³/mol. The summed E-state index contributed by atoms with van der Waals surface area (Å²) in [6.45, 7) is 2.93. The fourth-order valence-corrected chi connectivity index (χ4v) is 2.33. The molecule has 0 aliphatic rings. The minimum absolute atomic E-state index is 0.0590. The largest absolute Gasteiger partial charge is 0.480 e. The van der Waals surface area contributed by atoms with Crippen molar-refractivity contribution >= 4 is 29.6 Å². The minimum Gasteiger partial charge on any atom is -0.480 e. The normalized spacial score (nSPS) is 13.7. The van der Waals surface area contributed by atoms with Gasteiger partial charge in [0.25, 0.3) is 0 Å². The number of H-pyrrole nitrogens is 1. The Kier molecular flexibility index (Phi) is 9.42. The van der Waals surface area contributed by atoms with Gasteiger partial charge in [-0.25, -0.2) is 9.78 Å². The number of nitrogens with zero attached hydrogens (tertiary/aromatic N) is 1. The number of nitrogens with two attached hydrogens (primary N) is 2. The second-order valence-corrected chi connectivity index (χ2v) is 6.96. The number of carbonyl (C=O) groups is 5. The summed E-state index contributed by atoms with van der Waals surface area (Å²) in [4.78, 5) is 65.3. The third-order valence-corrected chi connectivity index (χ3v) is 4.09. The molecular formula is C17H27N7O6. The third kappa shape index (κ3) is 8.26. The lowest BCUT2D eigenvalue weighted by atomic mass is 10.0. The van der Waals surface area contributed by atoms with Gasteiger partial charge in [0.05, 0.1) is 25.3 Å². The van der Waals surface area contributed by atoms with Crippen molar-refractivity contribution in [2.45, 2.75) is 44.8 Å². The molecule has 0 saturated heterocycles. The van der Waals surface area contributed by atoms with E-state index in [1.807, 2.05) is 0 Å². The zero-order valence-corrected chi connectivity index (χ0v) is 16.7. The third-order valence-electron chi connectivity index (χ3n) is 4.09. The zero-order chi connectivity index (χ0) is 22.8. The standard InChI is InChI=1S/C17H27N7O6/c1-8(2)14(19)16(28)24-10(3-9-5-20-7-22-9)15(27)21-6-13(26)23-11(17(29)30)4-12(18)25/h5,7-8,10-11,14H,3-4,6,19H2,1-2H3,(H2,18,25)(H,20,22)(H,21,27)(H,23,26)(H,24,28)(H,29,30). The highest BCUT2D eigenvalue weighted by molar-refractivity contribution is 5.93. The van der Waals surface area contributed by atoms with Gasteiger partial charge in [0.2, 0.25) is 23.6 Å². The summed E-state index contributed by atoms with van der Waals surface area (Å²) in [5.41, 5.74) is 11.3. The Morgan fingerprint density at radius 3 is 2.30 bits per heavy atom. The first-order chi connectivity index (χ1) is 14.0. The van der Waals surface area contributed by atoms with Gasteiger partial charge in [-0.3, -0.25) is 19.2 Å². The van der Waals surface area contributed by atoms with Crippen LogP contribution in [-0.2, 0) is 30.4 Å². The van der Waals surface area contributed by atoms with Crippen LogP contribution in [0.2, 0.25) is 0 Å². The molecule has 13 heteroatoms. The van der Waals surface area contributed by atoms with E-state index in [2.05, 4.69) is 25.9 Å². The van der Waals surface area contributed by atoms with Crippen molar-refractivity contribution < 1.29 is 29.1 Å². The molecule has 0 radical (unpaired) electrons. The molecule has 9 N–H and O–H groups in total. The Hall–Kier alpha value is -3.48. The molecule has 1 heterocycles. The summed E-state index contributed by atoms with van der Waals surface area (Å²) in [6.07, 6.45) is 2.34. The van der Waals surface area contributed by atoms with E-state index < -0.39 is 60.7 Å². The Morgan fingerprint density at radius 2 is 1.80 bits per heavy atom. The number of imidazole rings is 1. The van der Waals surface area contributed by atoms with E-state index in [1.54, 1.807) is 13.8 Å². The van der Waals surface area contributed by atoms with Crippen LogP contribution in [0, 0.1) is 5.92 Å². The van der Waals surface area contributed by atoms with E-state index in [9.17, 15) is 24.0 Å². The average molecular weight is 425 g/mol. The minimum atomic E-state index is -1.52. The monoisotopic (exact) mass is 425 g/mol. The number of aliphatic carboxylic acids is 1. The van der Waals surface area contributed by atoms with Crippen molar-refractivity contribution in [3.05, 3.63) is 18.2 Å². The highest BCUT2D eigenvalue weighted by Crippen LogP contribution is 2.03. The summed E-state index contributed by atoms with van der Waals surface area (Å²) < 4.78 is 0. The van der Waals surface area contributed by atoms with Crippen molar-refractivity contribution in [3.8, 4) is 0 Å². The van der Waals surface area contributed by atoms with Crippen LogP contribution >= 0.6 is 0 Å². The summed E-state index contributed by atoms with van der Waals surface area (Å²) in [5, 5.41) is 15.9. The number of carboxylic acids is 1. The Labute approximate surface area is 172 Å². The molecule has 0 spiro atoms. The molecular weight excluding hydrogens is 398 g/mol. The maximum atomic E-state index is 12.5. The van der Waals surface area contributed by atoms with Gasteiger partial charge in [0.15, 0.2) is 0 Å². The second-order valence-electron chi connectivity index (χ2n) is 6.96. The van der Waals surface area contributed by atoms with Crippen molar-refractivity contribution in [1.29, 1.82) is 0 Å². The predicted octanol–water partition coefficient (Wildman–Crippen LogP) is -3.02. The maximum absolute atomic E-state index is 12.5. The number of amides is 4. The lowest BCUT2D eigenvalue weighted by Gasteiger charge is -2.22. The van der Waals surface area contributed by atoms with E-state index in [4.69, 9.17) is 16.6 Å². The molecule has 0 bridgehead atoms. The van der Waals surface area contributed by atoms with Gasteiger partial charge in [0, 0.05) is 18.3 Å². The topological polar surface area (TPSA) is 222 Å². The van der Waals surface area contributed by atoms with Crippen LogP contribution in [0.5, 0.6) is 0 Å². The number of nitrogens with one attached hydrogen (secondary N) is 4. The molecule has 1 rings (SSSR count). The molecule has 13 nitrogen and oxygen atoms in total. The molecule has 3 unspecified atom stereocenters. The van der Waals surface area contributed by atoms with Crippen LogP contribution in [0.15, 0.2) is 12.5 Å². The van der Waals surface area contributed by atoms with Gasteiger partial charge in [0.1, 0.15) is 12.1 Å². The van der Waals surface area contributed by atoms with Gasteiger partial charge in [-0.05, 0) is 5.92 Å². The van der Waals surface area contributed by atoms with Crippen molar-refractivity contribution in [1.82, 2.24) is 25.9 Å². The number of aromatic nitrogens is 2. The molecule has 0 aromatic carbocycles. The maximum Gasteiger partial charge on any atom is 0.326 e. The van der Waals surface area contributed by atoms with E-state index in [0.29, 0.717) is 5.69 Å². The molecule has 0 aliphatic carbocycles. The highest BCUT2D eigenvalue weighted by atomic mass is 16.4. The number of hydrogen-bond donors (Lipinski definition) is 7.